The fourth-order valence-electron chi connectivity index (χ4n) is 2.34. The van der Waals surface area contributed by atoms with Gasteiger partial charge in [0.2, 0.25) is 0 Å². The highest BCUT2D eigenvalue weighted by Gasteiger charge is 2.01. The maximum atomic E-state index is 4.72. The predicted octanol–water partition coefficient (Wildman–Crippen LogP) is 3.34. The van der Waals surface area contributed by atoms with Crippen LogP contribution in [0, 0.1) is 0 Å². The van der Waals surface area contributed by atoms with Crippen molar-refractivity contribution in [2.75, 3.05) is 38.7 Å². The fraction of sp³-hybridized carbons (Fsp3) is 0.632. The summed E-state index contributed by atoms with van der Waals surface area (Å²) in [5.74, 6) is 2.15. The molecule has 0 fully saturated rings. The molecule has 24 heavy (non-hydrogen) atoms. The molecule has 0 aliphatic heterocycles. The van der Waals surface area contributed by atoms with Crippen LogP contribution in [-0.2, 0) is 13.1 Å². The number of thioether (sulfide) groups is 1. The molecule has 0 saturated carbocycles. The molecule has 1 rings (SSSR count). The second kappa shape index (κ2) is 13.1. The third kappa shape index (κ3) is 9.18. The standard InChI is InChI=1S/C19H34N4S/c1-5-20-19(21-12-7-8-13-24-4)22-15-17-10-9-11-18(14-17)16-23(3)6-2/h9-11,14H,5-8,12-13,15-16H2,1-4H3,(H2,20,21,22). The molecule has 1 aromatic rings. The van der Waals surface area contributed by atoms with Crippen LogP contribution in [0.25, 0.3) is 0 Å². The van der Waals surface area contributed by atoms with E-state index >= 15 is 0 Å². The van der Waals surface area contributed by atoms with Gasteiger partial charge in [0.25, 0.3) is 0 Å². The molecule has 0 heterocycles. The molecule has 0 aliphatic rings. The van der Waals surface area contributed by atoms with Gasteiger partial charge in [0.05, 0.1) is 6.54 Å². The Morgan fingerprint density at radius 1 is 1.17 bits per heavy atom. The highest BCUT2D eigenvalue weighted by molar-refractivity contribution is 7.98. The van der Waals surface area contributed by atoms with Crippen molar-refractivity contribution >= 4 is 17.7 Å². The monoisotopic (exact) mass is 350 g/mol. The summed E-state index contributed by atoms with van der Waals surface area (Å²) < 4.78 is 0. The van der Waals surface area contributed by atoms with Crippen LogP contribution in [0.3, 0.4) is 0 Å². The average Bonchev–Trinajstić information content (AvgIpc) is 2.59. The van der Waals surface area contributed by atoms with Crippen molar-refractivity contribution in [2.24, 2.45) is 4.99 Å². The number of hydrogen-bond donors (Lipinski definition) is 2. The predicted molar refractivity (Wildman–Crippen MR) is 109 cm³/mol. The van der Waals surface area contributed by atoms with Crippen molar-refractivity contribution in [1.29, 1.82) is 0 Å². The van der Waals surface area contributed by atoms with Gasteiger partial charge in [0, 0.05) is 19.6 Å². The van der Waals surface area contributed by atoms with Crippen LogP contribution in [0.5, 0.6) is 0 Å². The molecule has 0 saturated heterocycles. The number of aliphatic imine (C=N–C) groups is 1. The lowest BCUT2D eigenvalue weighted by molar-refractivity contribution is 0.345. The van der Waals surface area contributed by atoms with Crippen LogP contribution < -0.4 is 10.6 Å². The third-order valence-electron chi connectivity index (χ3n) is 3.82. The molecule has 0 spiro atoms. The Hall–Kier alpha value is -1.20. The largest absolute Gasteiger partial charge is 0.357 e. The van der Waals surface area contributed by atoms with E-state index in [0.717, 1.165) is 32.1 Å². The first-order valence-corrected chi connectivity index (χ1v) is 10.4. The molecule has 0 amide bonds. The third-order valence-corrected chi connectivity index (χ3v) is 4.51. The van der Waals surface area contributed by atoms with Gasteiger partial charge in [0.15, 0.2) is 5.96 Å². The van der Waals surface area contributed by atoms with E-state index in [2.05, 4.69) is 66.9 Å². The van der Waals surface area contributed by atoms with Gasteiger partial charge >= 0.3 is 0 Å². The Kier molecular flexibility index (Phi) is 11.4. The molecular weight excluding hydrogens is 316 g/mol. The number of nitrogens with zero attached hydrogens (tertiary/aromatic N) is 2. The summed E-state index contributed by atoms with van der Waals surface area (Å²) in [6.07, 6.45) is 4.59. The van der Waals surface area contributed by atoms with E-state index < -0.39 is 0 Å². The van der Waals surface area contributed by atoms with Gasteiger partial charge in [-0.1, -0.05) is 31.2 Å². The number of benzene rings is 1. The van der Waals surface area contributed by atoms with E-state index in [1.807, 2.05) is 11.8 Å². The number of unbranched alkanes of at least 4 members (excludes halogenated alkanes) is 1. The van der Waals surface area contributed by atoms with Gasteiger partial charge in [-0.3, -0.25) is 0 Å². The molecule has 2 N–H and O–H groups in total. The Balaban J connectivity index is 2.53. The molecule has 4 nitrogen and oxygen atoms in total. The van der Waals surface area contributed by atoms with Crippen LogP contribution in [-0.4, -0.2) is 49.6 Å². The summed E-state index contributed by atoms with van der Waals surface area (Å²) in [7, 11) is 2.15. The van der Waals surface area contributed by atoms with Gasteiger partial charge < -0.3 is 15.5 Å². The quantitative estimate of drug-likeness (QED) is 0.365. The van der Waals surface area contributed by atoms with E-state index in [0.29, 0.717) is 6.54 Å². The molecule has 0 unspecified atom stereocenters. The van der Waals surface area contributed by atoms with Gasteiger partial charge in [-0.2, -0.15) is 11.8 Å². The van der Waals surface area contributed by atoms with Gasteiger partial charge in [-0.05, 0) is 56.5 Å². The second-order valence-corrected chi connectivity index (χ2v) is 6.96. The first kappa shape index (κ1) is 20.8. The summed E-state index contributed by atoms with van der Waals surface area (Å²) >= 11 is 1.91. The summed E-state index contributed by atoms with van der Waals surface area (Å²) in [4.78, 5) is 7.03. The lowest BCUT2D eigenvalue weighted by Gasteiger charge is -2.14. The van der Waals surface area contributed by atoms with Crippen molar-refractivity contribution in [3.05, 3.63) is 35.4 Å². The first-order chi connectivity index (χ1) is 11.7. The van der Waals surface area contributed by atoms with E-state index in [1.54, 1.807) is 0 Å². The zero-order valence-corrected chi connectivity index (χ0v) is 16.6. The van der Waals surface area contributed by atoms with Crippen molar-refractivity contribution in [1.82, 2.24) is 15.5 Å². The molecule has 0 aromatic heterocycles. The van der Waals surface area contributed by atoms with Crippen LogP contribution in [0.1, 0.15) is 37.8 Å². The number of nitrogens with one attached hydrogen (secondary N) is 2. The molecule has 136 valence electrons. The number of guanidine groups is 1. The SMILES string of the molecule is CCNC(=NCc1cccc(CN(C)CC)c1)NCCCCSC. The van der Waals surface area contributed by atoms with Crippen LogP contribution in [0.2, 0.25) is 0 Å². The summed E-state index contributed by atoms with van der Waals surface area (Å²) in [6.45, 7) is 8.92. The minimum absolute atomic E-state index is 0.712. The topological polar surface area (TPSA) is 39.7 Å². The van der Waals surface area contributed by atoms with Crippen molar-refractivity contribution < 1.29 is 0 Å². The average molecular weight is 351 g/mol. The maximum Gasteiger partial charge on any atom is 0.191 e. The van der Waals surface area contributed by atoms with E-state index in [4.69, 9.17) is 4.99 Å². The first-order valence-electron chi connectivity index (χ1n) is 8.97. The molecule has 0 aliphatic carbocycles. The van der Waals surface area contributed by atoms with Gasteiger partial charge in [-0.25, -0.2) is 4.99 Å². The van der Waals surface area contributed by atoms with Crippen LogP contribution in [0.4, 0.5) is 0 Å². The molecule has 0 bridgehead atoms. The minimum atomic E-state index is 0.712. The number of rotatable bonds is 11. The molecular formula is C19H34N4S. The molecule has 1 aromatic carbocycles. The smallest absolute Gasteiger partial charge is 0.191 e. The Labute approximate surface area is 152 Å². The van der Waals surface area contributed by atoms with E-state index in [9.17, 15) is 0 Å². The lowest BCUT2D eigenvalue weighted by Crippen LogP contribution is -2.37. The maximum absolute atomic E-state index is 4.72. The molecule has 5 heteroatoms. The second-order valence-electron chi connectivity index (χ2n) is 5.97. The zero-order valence-electron chi connectivity index (χ0n) is 15.8. The highest BCUT2D eigenvalue weighted by Crippen LogP contribution is 2.08. The van der Waals surface area contributed by atoms with E-state index in [1.165, 1.54) is 29.7 Å². The van der Waals surface area contributed by atoms with Crippen molar-refractivity contribution in [3.8, 4) is 0 Å². The summed E-state index contributed by atoms with van der Waals surface area (Å²) in [6, 6.07) is 8.74. The Morgan fingerprint density at radius 3 is 2.67 bits per heavy atom. The molecule has 0 radical (unpaired) electrons. The lowest BCUT2D eigenvalue weighted by atomic mass is 10.1. The van der Waals surface area contributed by atoms with E-state index in [-0.39, 0.29) is 0 Å². The number of hydrogen-bond acceptors (Lipinski definition) is 3. The fourth-order valence-corrected chi connectivity index (χ4v) is 2.83. The highest BCUT2D eigenvalue weighted by atomic mass is 32.2. The Morgan fingerprint density at radius 2 is 1.96 bits per heavy atom. The van der Waals surface area contributed by atoms with Gasteiger partial charge in [0.1, 0.15) is 0 Å². The summed E-state index contributed by atoms with van der Waals surface area (Å²) in [5, 5.41) is 6.75. The Bertz CT molecular complexity index is 476. The van der Waals surface area contributed by atoms with Crippen molar-refractivity contribution in [2.45, 2.75) is 39.8 Å². The normalized spacial score (nSPS) is 11.8. The summed E-state index contributed by atoms with van der Waals surface area (Å²) in [5.41, 5.74) is 2.61. The van der Waals surface area contributed by atoms with Gasteiger partial charge in [-0.15, -0.1) is 0 Å². The minimum Gasteiger partial charge on any atom is -0.357 e. The molecule has 0 atom stereocenters. The van der Waals surface area contributed by atoms with Crippen LogP contribution in [0.15, 0.2) is 29.3 Å². The van der Waals surface area contributed by atoms with Crippen molar-refractivity contribution in [3.63, 3.8) is 0 Å². The van der Waals surface area contributed by atoms with Crippen LogP contribution >= 0.6 is 11.8 Å². The zero-order chi connectivity index (χ0) is 17.6.